The van der Waals surface area contributed by atoms with Crippen molar-refractivity contribution in [3.63, 3.8) is 0 Å². The van der Waals surface area contributed by atoms with E-state index in [2.05, 4.69) is 20.7 Å². The van der Waals surface area contributed by atoms with Crippen LogP contribution in [0.4, 0.5) is 5.69 Å². The Morgan fingerprint density at radius 3 is 2.62 bits per heavy atom. The maximum atomic E-state index is 12.3. The Kier molecular flexibility index (Phi) is 4.60. The summed E-state index contributed by atoms with van der Waals surface area (Å²) in [6, 6.07) is 6.32. The number of nitrogens with zero attached hydrogens (tertiary/aromatic N) is 1. The molecule has 0 aliphatic heterocycles. The number of rotatable bonds is 5. The van der Waals surface area contributed by atoms with Crippen molar-refractivity contribution in [1.82, 2.24) is 4.57 Å². The first-order valence-electron chi connectivity index (χ1n) is 6.00. The highest BCUT2D eigenvalue weighted by atomic mass is 79.9. The molecule has 0 spiro atoms. The molecule has 0 radical (unpaired) electrons. The van der Waals surface area contributed by atoms with Crippen LogP contribution in [0.1, 0.15) is 5.69 Å². The number of nitrogens with one attached hydrogen (secondary N) is 1. The molecule has 0 atom stereocenters. The highest BCUT2D eigenvalue weighted by molar-refractivity contribution is 9.10. The average Bonchev–Trinajstić information content (AvgIpc) is 2.80. The van der Waals surface area contributed by atoms with E-state index < -0.39 is 10.0 Å². The van der Waals surface area contributed by atoms with Crippen LogP contribution in [0.25, 0.3) is 0 Å². The molecule has 0 saturated carbocycles. The lowest BCUT2D eigenvalue weighted by Gasteiger charge is -2.09. The van der Waals surface area contributed by atoms with Gasteiger partial charge in [0.1, 0.15) is 10.6 Å². The number of aliphatic hydroxyl groups is 1. The van der Waals surface area contributed by atoms with Crippen LogP contribution < -0.4 is 9.46 Å². The summed E-state index contributed by atoms with van der Waals surface area (Å²) in [4.78, 5) is 0.0981. The molecule has 0 unspecified atom stereocenters. The van der Waals surface area contributed by atoms with Gasteiger partial charge in [0.15, 0.2) is 0 Å². The summed E-state index contributed by atoms with van der Waals surface area (Å²) in [6.07, 6.45) is 1.45. The number of ether oxygens (including phenoxy) is 1. The zero-order chi connectivity index (χ0) is 15.6. The number of halogens is 1. The normalized spacial score (nSPS) is 11.4. The van der Waals surface area contributed by atoms with Crippen LogP contribution in [0.15, 0.2) is 39.8 Å². The van der Waals surface area contributed by atoms with Gasteiger partial charge in [0.2, 0.25) is 0 Å². The largest absolute Gasteiger partial charge is 0.496 e. The number of aromatic nitrogens is 1. The van der Waals surface area contributed by atoms with Gasteiger partial charge in [0, 0.05) is 18.9 Å². The zero-order valence-corrected chi connectivity index (χ0v) is 13.9. The Morgan fingerprint density at radius 2 is 2.10 bits per heavy atom. The lowest BCUT2D eigenvalue weighted by atomic mass is 10.3. The van der Waals surface area contributed by atoms with Crippen LogP contribution in [-0.4, -0.2) is 25.2 Å². The van der Waals surface area contributed by atoms with Gasteiger partial charge in [-0.25, -0.2) is 8.42 Å². The number of sulfonamides is 1. The summed E-state index contributed by atoms with van der Waals surface area (Å²) in [5.74, 6) is 0.611. The monoisotopic (exact) mass is 374 g/mol. The Bertz CT molecular complexity index is 756. The second-order valence-corrected chi connectivity index (χ2v) is 6.93. The quantitative estimate of drug-likeness (QED) is 0.839. The minimum Gasteiger partial charge on any atom is -0.496 e. The van der Waals surface area contributed by atoms with Gasteiger partial charge in [-0.15, -0.1) is 0 Å². The average molecular weight is 375 g/mol. The molecule has 1 aromatic carbocycles. The highest BCUT2D eigenvalue weighted by Crippen LogP contribution is 2.29. The van der Waals surface area contributed by atoms with Gasteiger partial charge in [-0.2, -0.15) is 0 Å². The molecule has 0 saturated heterocycles. The first-order valence-corrected chi connectivity index (χ1v) is 8.27. The molecule has 2 aromatic rings. The van der Waals surface area contributed by atoms with E-state index in [1.165, 1.54) is 19.4 Å². The van der Waals surface area contributed by atoms with Crippen LogP contribution >= 0.6 is 15.9 Å². The molecule has 1 aromatic heterocycles. The van der Waals surface area contributed by atoms with E-state index >= 15 is 0 Å². The molecule has 1 heterocycles. The summed E-state index contributed by atoms with van der Waals surface area (Å²) in [5.41, 5.74) is 0.934. The van der Waals surface area contributed by atoms with Gasteiger partial charge in [-0.1, -0.05) is 0 Å². The molecular formula is C13H15BrN2O4S. The molecular weight excluding hydrogens is 360 g/mol. The van der Waals surface area contributed by atoms with Crippen molar-refractivity contribution in [2.45, 2.75) is 11.5 Å². The van der Waals surface area contributed by atoms with Gasteiger partial charge in [-0.3, -0.25) is 4.72 Å². The van der Waals surface area contributed by atoms with Gasteiger partial charge in [0.25, 0.3) is 10.0 Å². The molecule has 0 bridgehead atoms. The molecule has 2 rings (SSSR count). The first kappa shape index (κ1) is 15.9. The maximum Gasteiger partial charge on any atom is 0.263 e. The third kappa shape index (κ3) is 3.39. The fourth-order valence-corrected chi connectivity index (χ4v) is 3.51. The van der Waals surface area contributed by atoms with Crippen molar-refractivity contribution in [1.29, 1.82) is 0 Å². The fraction of sp³-hybridized carbons (Fsp3) is 0.231. The molecule has 0 fully saturated rings. The second kappa shape index (κ2) is 6.08. The van der Waals surface area contributed by atoms with Crippen LogP contribution in [0.2, 0.25) is 0 Å². The first-order chi connectivity index (χ1) is 9.87. The molecule has 2 N–H and O–H groups in total. The summed E-state index contributed by atoms with van der Waals surface area (Å²) < 4.78 is 34.4. The molecule has 0 aliphatic rings. The smallest absolute Gasteiger partial charge is 0.263 e. The minimum atomic E-state index is -3.71. The van der Waals surface area contributed by atoms with Gasteiger partial charge in [0.05, 0.1) is 23.9 Å². The van der Waals surface area contributed by atoms with Crippen molar-refractivity contribution in [2.75, 3.05) is 11.8 Å². The van der Waals surface area contributed by atoms with Crippen LogP contribution in [0.3, 0.4) is 0 Å². The molecule has 114 valence electrons. The van der Waals surface area contributed by atoms with Crippen molar-refractivity contribution in [3.05, 3.63) is 40.6 Å². The number of hydrogen-bond donors (Lipinski definition) is 2. The minimum absolute atomic E-state index is 0.0981. The van der Waals surface area contributed by atoms with Gasteiger partial charge in [-0.05, 0) is 40.2 Å². The molecule has 0 aliphatic carbocycles. The SMILES string of the molecule is COc1ccc(NS(=O)(=O)c2cc(CO)n(C)c2)cc1Br. The topological polar surface area (TPSA) is 80.6 Å². The van der Waals surface area contributed by atoms with Crippen LogP contribution in [-0.2, 0) is 23.7 Å². The summed E-state index contributed by atoms with van der Waals surface area (Å²) >= 11 is 3.30. The fourth-order valence-electron chi connectivity index (χ4n) is 1.83. The van der Waals surface area contributed by atoms with Crippen molar-refractivity contribution in [3.8, 4) is 5.75 Å². The number of hydrogen-bond acceptors (Lipinski definition) is 4. The Morgan fingerprint density at radius 1 is 1.38 bits per heavy atom. The number of aryl methyl sites for hydroxylation is 1. The molecule has 0 amide bonds. The third-order valence-electron chi connectivity index (χ3n) is 2.96. The predicted molar refractivity (Wildman–Crippen MR) is 82.8 cm³/mol. The van der Waals surface area contributed by atoms with Gasteiger partial charge < -0.3 is 14.4 Å². The van der Waals surface area contributed by atoms with E-state index in [4.69, 9.17) is 9.84 Å². The van der Waals surface area contributed by atoms with Gasteiger partial charge >= 0.3 is 0 Å². The van der Waals surface area contributed by atoms with E-state index in [9.17, 15) is 8.42 Å². The highest BCUT2D eigenvalue weighted by Gasteiger charge is 2.18. The van der Waals surface area contributed by atoms with Crippen molar-refractivity contribution in [2.24, 2.45) is 7.05 Å². The molecule has 8 heteroatoms. The maximum absolute atomic E-state index is 12.3. The van der Waals surface area contributed by atoms with Crippen molar-refractivity contribution >= 4 is 31.6 Å². The standard InChI is InChI=1S/C13H15BrN2O4S/c1-16-7-11(6-10(16)8-17)21(18,19)15-9-3-4-13(20-2)12(14)5-9/h3-7,15,17H,8H2,1-2H3. The van der Waals surface area contributed by atoms with Crippen molar-refractivity contribution < 1.29 is 18.3 Å². The second-order valence-electron chi connectivity index (χ2n) is 4.39. The summed E-state index contributed by atoms with van der Waals surface area (Å²) in [6.45, 7) is -0.222. The third-order valence-corrected chi connectivity index (χ3v) is 4.93. The molecule has 21 heavy (non-hydrogen) atoms. The Hall–Kier alpha value is -1.51. The Labute approximate surface area is 131 Å². The number of benzene rings is 1. The predicted octanol–water partition coefficient (Wildman–Crippen LogP) is 2.09. The number of anilines is 1. The van der Waals surface area contributed by atoms with E-state index in [0.29, 0.717) is 21.6 Å². The van der Waals surface area contributed by atoms with Crippen LogP contribution in [0, 0.1) is 0 Å². The Balaban J connectivity index is 2.30. The van der Waals surface area contributed by atoms with E-state index in [1.807, 2.05) is 0 Å². The number of methoxy groups -OCH3 is 1. The summed E-state index contributed by atoms with van der Waals surface area (Å²) in [7, 11) is -0.498. The summed E-state index contributed by atoms with van der Waals surface area (Å²) in [5, 5.41) is 9.13. The van der Waals surface area contributed by atoms with Crippen LogP contribution in [0.5, 0.6) is 5.75 Å². The lowest BCUT2D eigenvalue weighted by molar-refractivity contribution is 0.272. The zero-order valence-electron chi connectivity index (χ0n) is 11.5. The lowest BCUT2D eigenvalue weighted by Crippen LogP contribution is -2.12. The van der Waals surface area contributed by atoms with E-state index in [-0.39, 0.29) is 11.5 Å². The molecule has 6 nitrogen and oxygen atoms in total. The van der Waals surface area contributed by atoms with E-state index in [1.54, 1.807) is 29.8 Å². The van der Waals surface area contributed by atoms with E-state index in [0.717, 1.165) is 0 Å². The number of aliphatic hydroxyl groups excluding tert-OH is 1.